The van der Waals surface area contributed by atoms with Gasteiger partial charge < -0.3 is 14.8 Å². The number of nitrogens with zero attached hydrogens (tertiary/aromatic N) is 1. The Morgan fingerprint density at radius 2 is 2.10 bits per heavy atom. The molecule has 0 bridgehead atoms. The third-order valence-corrected chi connectivity index (χ3v) is 4.67. The predicted octanol–water partition coefficient (Wildman–Crippen LogP) is 3.35. The van der Waals surface area contributed by atoms with Crippen LogP contribution >= 0.6 is 11.6 Å². The third kappa shape index (κ3) is 3.32. The fraction of sp³-hybridized carbons (Fsp3) is 0.562. The number of ether oxygens (including phenoxy) is 2. The maximum Gasteiger partial charge on any atom is 0.101 e. The molecule has 2 saturated heterocycles. The van der Waals surface area contributed by atoms with E-state index < -0.39 is 0 Å². The second-order valence-electron chi connectivity index (χ2n) is 5.78. The zero-order valence-electron chi connectivity index (χ0n) is 11.9. The van der Waals surface area contributed by atoms with Crippen molar-refractivity contribution >= 4 is 17.3 Å². The summed E-state index contributed by atoms with van der Waals surface area (Å²) >= 11 is 6.09. The molecule has 2 fully saturated rings. The number of nitriles is 1. The third-order valence-electron chi connectivity index (χ3n) is 4.36. The number of hydrogen-bond donors (Lipinski definition) is 1. The van der Waals surface area contributed by atoms with Crippen LogP contribution in [0.4, 0.5) is 5.69 Å². The van der Waals surface area contributed by atoms with E-state index >= 15 is 0 Å². The monoisotopic (exact) mass is 306 g/mol. The van der Waals surface area contributed by atoms with Crippen LogP contribution in [0.2, 0.25) is 5.02 Å². The molecule has 112 valence electrons. The fourth-order valence-electron chi connectivity index (χ4n) is 3.17. The molecule has 1 N–H and O–H groups in total. The largest absolute Gasteiger partial charge is 0.382 e. The van der Waals surface area contributed by atoms with Crippen molar-refractivity contribution in [3.8, 4) is 6.07 Å². The lowest BCUT2D eigenvalue weighted by molar-refractivity contribution is -0.135. The van der Waals surface area contributed by atoms with Crippen molar-refractivity contribution in [2.45, 2.75) is 37.3 Å². The molecule has 1 aromatic rings. The summed E-state index contributed by atoms with van der Waals surface area (Å²) in [5.74, 6) is 0. The minimum absolute atomic E-state index is 0.0233. The second kappa shape index (κ2) is 6.23. The van der Waals surface area contributed by atoms with Gasteiger partial charge in [0.15, 0.2) is 0 Å². The molecule has 2 aliphatic rings. The Morgan fingerprint density at radius 3 is 2.81 bits per heavy atom. The maximum atomic E-state index is 8.91. The van der Waals surface area contributed by atoms with E-state index in [0.717, 1.165) is 51.2 Å². The van der Waals surface area contributed by atoms with E-state index in [-0.39, 0.29) is 5.60 Å². The first-order valence-electron chi connectivity index (χ1n) is 7.39. The lowest BCUT2D eigenvalue weighted by atomic mass is 9.84. The number of halogens is 1. The average Bonchev–Trinajstić information content (AvgIpc) is 2.48. The van der Waals surface area contributed by atoms with Crippen LogP contribution in [0.15, 0.2) is 18.2 Å². The molecule has 1 aromatic carbocycles. The van der Waals surface area contributed by atoms with Gasteiger partial charge in [-0.3, -0.25) is 0 Å². The van der Waals surface area contributed by atoms with Crippen molar-refractivity contribution in [3.63, 3.8) is 0 Å². The minimum atomic E-state index is -0.0233. The van der Waals surface area contributed by atoms with E-state index in [1.165, 1.54) is 0 Å². The normalized spacial score (nSPS) is 24.5. The van der Waals surface area contributed by atoms with Gasteiger partial charge in [-0.25, -0.2) is 0 Å². The lowest BCUT2D eigenvalue weighted by Crippen LogP contribution is -2.47. The summed E-state index contributed by atoms with van der Waals surface area (Å²) in [6.07, 6.45) is 3.92. The number of benzene rings is 1. The molecule has 0 aromatic heterocycles. The van der Waals surface area contributed by atoms with Crippen LogP contribution in [0.5, 0.6) is 0 Å². The van der Waals surface area contributed by atoms with Crippen molar-refractivity contribution in [1.29, 1.82) is 5.26 Å². The summed E-state index contributed by atoms with van der Waals surface area (Å²) in [4.78, 5) is 0. The quantitative estimate of drug-likeness (QED) is 0.910. The fourth-order valence-corrected chi connectivity index (χ4v) is 3.40. The van der Waals surface area contributed by atoms with Crippen LogP contribution in [0, 0.1) is 11.3 Å². The van der Waals surface area contributed by atoms with Gasteiger partial charge in [-0.15, -0.1) is 0 Å². The summed E-state index contributed by atoms with van der Waals surface area (Å²) < 4.78 is 11.5. The summed E-state index contributed by atoms with van der Waals surface area (Å²) in [6, 6.07) is 7.95. The summed E-state index contributed by atoms with van der Waals surface area (Å²) in [5, 5.41) is 12.9. The van der Waals surface area contributed by atoms with Crippen molar-refractivity contribution in [2.24, 2.45) is 0 Å². The molecular weight excluding hydrogens is 288 g/mol. The molecule has 1 spiro atoms. The first kappa shape index (κ1) is 14.6. The smallest absolute Gasteiger partial charge is 0.101 e. The molecule has 0 aliphatic carbocycles. The van der Waals surface area contributed by atoms with Crippen molar-refractivity contribution in [2.75, 3.05) is 25.1 Å². The highest BCUT2D eigenvalue weighted by atomic mass is 35.5. The summed E-state index contributed by atoms with van der Waals surface area (Å²) in [6.45, 7) is 2.35. The van der Waals surface area contributed by atoms with Crippen molar-refractivity contribution in [1.82, 2.24) is 0 Å². The summed E-state index contributed by atoms with van der Waals surface area (Å²) in [7, 11) is 0. The molecule has 3 rings (SSSR count). The van der Waals surface area contributed by atoms with Crippen LogP contribution in [0.1, 0.15) is 31.2 Å². The van der Waals surface area contributed by atoms with Gasteiger partial charge >= 0.3 is 0 Å². The van der Waals surface area contributed by atoms with E-state index in [1.807, 2.05) is 12.1 Å². The number of nitrogens with one attached hydrogen (secondary N) is 1. The molecule has 1 atom stereocenters. The molecule has 0 unspecified atom stereocenters. The van der Waals surface area contributed by atoms with Crippen LogP contribution in [0.3, 0.4) is 0 Å². The number of rotatable bonds is 2. The Labute approximate surface area is 130 Å². The molecule has 0 amide bonds. The Hall–Kier alpha value is -1.28. The van der Waals surface area contributed by atoms with E-state index in [0.29, 0.717) is 16.6 Å². The topological polar surface area (TPSA) is 54.3 Å². The van der Waals surface area contributed by atoms with E-state index in [1.54, 1.807) is 6.07 Å². The molecule has 5 heteroatoms. The Kier molecular flexibility index (Phi) is 4.34. The van der Waals surface area contributed by atoms with Gasteiger partial charge in [0.1, 0.15) is 6.07 Å². The van der Waals surface area contributed by atoms with Gasteiger partial charge in [0.2, 0.25) is 0 Å². The van der Waals surface area contributed by atoms with Crippen molar-refractivity contribution < 1.29 is 9.47 Å². The van der Waals surface area contributed by atoms with Gasteiger partial charge in [0, 0.05) is 31.5 Å². The molecule has 2 heterocycles. The highest BCUT2D eigenvalue weighted by Gasteiger charge is 2.38. The van der Waals surface area contributed by atoms with E-state index in [4.69, 9.17) is 26.3 Å². The standard InChI is InChI=1S/C16H19ClN2O2/c17-15-9-13(2-1-12(15)11-18)19-14-3-6-21-16(10-14)4-7-20-8-5-16/h1-2,9,14,19H,3-8,10H2/t14-/m0/s1. The van der Waals surface area contributed by atoms with Gasteiger partial charge in [-0.1, -0.05) is 11.6 Å². The zero-order chi connectivity index (χ0) is 14.7. The summed E-state index contributed by atoms with van der Waals surface area (Å²) in [5.41, 5.74) is 1.45. The predicted molar refractivity (Wildman–Crippen MR) is 81.5 cm³/mol. The van der Waals surface area contributed by atoms with E-state index in [9.17, 15) is 0 Å². The van der Waals surface area contributed by atoms with Crippen LogP contribution in [0.25, 0.3) is 0 Å². The van der Waals surface area contributed by atoms with Gasteiger partial charge in [0.25, 0.3) is 0 Å². The first-order chi connectivity index (χ1) is 10.2. The Morgan fingerprint density at radius 1 is 1.29 bits per heavy atom. The SMILES string of the molecule is N#Cc1ccc(N[C@H]2CCOC3(CCOCC3)C2)cc1Cl. The maximum absolute atomic E-state index is 8.91. The molecule has 0 saturated carbocycles. The Balaban J connectivity index is 1.67. The molecule has 21 heavy (non-hydrogen) atoms. The molecule has 4 nitrogen and oxygen atoms in total. The van der Waals surface area contributed by atoms with Crippen LogP contribution in [-0.4, -0.2) is 31.5 Å². The average molecular weight is 307 g/mol. The molecular formula is C16H19ClN2O2. The van der Waals surface area contributed by atoms with Crippen molar-refractivity contribution in [3.05, 3.63) is 28.8 Å². The van der Waals surface area contributed by atoms with Gasteiger partial charge in [-0.2, -0.15) is 5.26 Å². The minimum Gasteiger partial charge on any atom is -0.382 e. The molecule has 0 radical (unpaired) electrons. The van der Waals surface area contributed by atoms with E-state index in [2.05, 4.69) is 11.4 Å². The first-order valence-corrected chi connectivity index (χ1v) is 7.76. The van der Waals surface area contributed by atoms with Gasteiger partial charge in [-0.05, 0) is 43.9 Å². The Bertz CT molecular complexity index is 544. The highest BCUT2D eigenvalue weighted by Crippen LogP contribution is 2.35. The molecule has 2 aliphatic heterocycles. The zero-order valence-corrected chi connectivity index (χ0v) is 12.7. The highest BCUT2D eigenvalue weighted by molar-refractivity contribution is 6.32. The lowest BCUT2D eigenvalue weighted by Gasteiger charge is -2.43. The van der Waals surface area contributed by atoms with Crippen LogP contribution in [-0.2, 0) is 9.47 Å². The second-order valence-corrected chi connectivity index (χ2v) is 6.19. The van der Waals surface area contributed by atoms with Crippen LogP contribution < -0.4 is 5.32 Å². The number of anilines is 1. The number of hydrogen-bond acceptors (Lipinski definition) is 4. The van der Waals surface area contributed by atoms with Gasteiger partial charge in [0.05, 0.1) is 16.2 Å².